The minimum atomic E-state index is -0.166. The van der Waals surface area contributed by atoms with Crippen LogP contribution in [0.1, 0.15) is 37.2 Å². The quantitative estimate of drug-likeness (QED) is 0.732. The van der Waals surface area contributed by atoms with E-state index in [1.54, 1.807) is 6.07 Å². The lowest BCUT2D eigenvalue weighted by Gasteiger charge is -2.22. The number of ketones is 1. The van der Waals surface area contributed by atoms with Crippen molar-refractivity contribution in [3.63, 3.8) is 0 Å². The van der Waals surface area contributed by atoms with E-state index in [0.717, 1.165) is 18.2 Å². The van der Waals surface area contributed by atoms with E-state index in [0.29, 0.717) is 29.9 Å². The van der Waals surface area contributed by atoms with Crippen molar-refractivity contribution in [2.75, 3.05) is 0 Å². The van der Waals surface area contributed by atoms with E-state index in [4.69, 9.17) is 0 Å². The first-order chi connectivity index (χ1) is 8.75. The van der Waals surface area contributed by atoms with Gasteiger partial charge in [0, 0.05) is 18.2 Å². The van der Waals surface area contributed by atoms with E-state index < -0.39 is 0 Å². The summed E-state index contributed by atoms with van der Waals surface area (Å²) in [4.78, 5) is 11.3. The van der Waals surface area contributed by atoms with Crippen molar-refractivity contribution in [1.29, 1.82) is 0 Å². The lowest BCUT2D eigenvalue weighted by molar-refractivity contribution is -0.120. The fraction of sp³-hybridized carbons (Fsp3) is 0.312. The van der Waals surface area contributed by atoms with Gasteiger partial charge in [0.05, 0.1) is 0 Å². The van der Waals surface area contributed by atoms with Crippen molar-refractivity contribution < 1.29 is 9.18 Å². The summed E-state index contributed by atoms with van der Waals surface area (Å²) in [7, 11) is 0. The van der Waals surface area contributed by atoms with Crippen molar-refractivity contribution >= 4 is 16.6 Å². The number of fused-ring (bicyclic) bond motifs is 1. The summed E-state index contributed by atoms with van der Waals surface area (Å²) in [5.74, 6) is 0.590. The van der Waals surface area contributed by atoms with Gasteiger partial charge in [0.25, 0.3) is 0 Å². The summed E-state index contributed by atoms with van der Waals surface area (Å²) in [5.41, 5.74) is 1.19. The van der Waals surface area contributed by atoms with E-state index in [-0.39, 0.29) is 5.82 Å². The van der Waals surface area contributed by atoms with E-state index in [9.17, 15) is 9.18 Å². The Morgan fingerprint density at radius 2 is 1.61 bits per heavy atom. The molecule has 1 aliphatic rings. The van der Waals surface area contributed by atoms with Gasteiger partial charge in [-0.05, 0) is 35.8 Å². The predicted molar refractivity (Wildman–Crippen MR) is 70.1 cm³/mol. The Bertz CT molecular complexity index is 593. The van der Waals surface area contributed by atoms with Crippen LogP contribution in [-0.4, -0.2) is 5.78 Å². The summed E-state index contributed by atoms with van der Waals surface area (Å²) in [6.07, 6.45) is 3.12. The molecule has 2 aromatic carbocycles. The lowest BCUT2D eigenvalue weighted by Crippen LogP contribution is -2.12. The number of rotatable bonds is 1. The lowest BCUT2D eigenvalue weighted by atomic mass is 9.81. The molecule has 0 atom stereocenters. The molecule has 0 bridgehead atoms. The Morgan fingerprint density at radius 3 is 2.33 bits per heavy atom. The average Bonchev–Trinajstić information content (AvgIpc) is 2.41. The molecule has 0 radical (unpaired) electrons. The molecule has 92 valence electrons. The van der Waals surface area contributed by atoms with Gasteiger partial charge in [0.1, 0.15) is 11.6 Å². The fourth-order valence-corrected chi connectivity index (χ4v) is 2.89. The molecular formula is C16H15FO. The maximum Gasteiger partial charge on any atom is 0.132 e. The maximum atomic E-state index is 13.7. The van der Waals surface area contributed by atoms with E-state index >= 15 is 0 Å². The van der Waals surface area contributed by atoms with Gasteiger partial charge in [-0.25, -0.2) is 4.39 Å². The molecule has 2 heteroatoms. The molecule has 0 spiro atoms. The van der Waals surface area contributed by atoms with Crippen LogP contribution in [0.4, 0.5) is 4.39 Å². The molecule has 1 nitrogen and oxygen atoms in total. The van der Waals surface area contributed by atoms with E-state index in [1.807, 2.05) is 30.3 Å². The highest BCUT2D eigenvalue weighted by Gasteiger charge is 2.22. The number of hydrogen-bond donors (Lipinski definition) is 0. The molecule has 0 aromatic heterocycles. The topological polar surface area (TPSA) is 17.1 Å². The number of carbonyl (C=O) groups is 1. The van der Waals surface area contributed by atoms with Crippen LogP contribution < -0.4 is 0 Å². The molecule has 0 N–H and O–H groups in total. The monoisotopic (exact) mass is 242 g/mol. The Balaban J connectivity index is 2.07. The van der Waals surface area contributed by atoms with Crippen LogP contribution in [0.3, 0.4) is 0 Å². The maximum absolute atomic E-state index is 13.7. The summed E-state index contributed by atoms with van der Waals surface area (Å²) in [5, 5.41) is 1.68. The zero-order valence-electron chi connectivity index (χ0n) is 10.2. The van der Waals surface area contributed by atoms with Gasteiger partial charge in [-0.3, -0.25) is 4.79 Å². The first-order valence-electron chi connectivity index (χ1n) is 6.44. The van der Waals surface area contributed by atoms with E-state index in [1.165, 1.54) is 5.56 Å². The fourth-order valence-electron chi connectivity index (χ4n) is 2.89. The molecule has 1 aliphatic carbocycles. The molecule has 0 unspecified atom stereocenters. The molecule has 2 aromatic rings. The first kappa shape index (κ1) is 11.4. The molecule has 18 heavy (non-hydrogen) atoms. The summed E-state index contributed by atoms with van der Waals surface area (Å²) >= 11 is 0. The van der Waals surface area contributed by atoms with Crippen LogP contribution in [0, 0.1) is 5.82 Å². The Kier molecular flexibility index (Phi) is 2.86. The van der Waals surface area contributed by atoms with Crippen LogP contribution in [0.15, 0.2) is 36.4 Å². The van der Waals surface area contributed by atoms with Crippen LogP contribution >= 0.6 is 0 Å². The van der Waals surface area contributed by atoms with Gasteiger partial charge in [0.2, 0.25) is 0 Å². The van der Waals surface area contributed by atoms with Gasteiger partial charge in [-0.2, -0.15) is 0 Å². The van der Waals surface area contributed by atoms with Crippen LogP contribution in [0.5, 0.6) is 0 Å². The van der Waals surface area contributed by atoms with Crippen LogP contribution in [-0.2, 0) is 4.79 Å². The molecule has 0 saturated heterocycles. The molecule has 0 aliphatic heterocycles. The van der Waals surface area contributed by atoms with Crippen molar-refractivity contribution in [3.8, 4) is 0 Å². The minimum absolute atomic E-state index is 0.166. The highest BCUT2D eigenvalue weighted by molar-refractivity contribution is 5.87. The van der Waals surface area contributed by atoms with Crippen molar-refractivity contribution in [1.82, 2.24) is 0 Å². The van der Waals surface area contributed by atoms with Gasteiger partial charge in [-0.15, -0.1) is 0 Å². The highest BCUT2D eigenvalue weighted by Crippen LogP contribution is 2.35. The second-order valence-corrected chi connectivity index (χ2v) is 5.00. The van der Waals surface area contributed by atoms with Gasteiger partial charge >= 0.3 is 0 Å². The van der Waals surface area contributed by atoms with Crippen molar-refractivity contribution in [2.45, 2.75) is 31.6 Å². The Hall–Kier alpha value is -1.70. The smallest absolute Gasteiger partial charge is 0.132 e. The molecule has 0 heterocycles. The Morgan fingerprint density at radius 1 is 0.944 bits per heavy atom. The standard InChI is InChI=1S/C16H15FO/c17-16-10-9-13(11-5-7-12(18)8-6-11)14-3-1-2-4-15(14)16/h1-4,9-11H,5-8H2. The Labute approximate surface area is 106 Å². The third-order valence-corrected chi connectivity index (χ3v) is 3.89. The normalized spacial score (nSPS) is 17.3. The molecular weight excluding hydrogens is 227 g/mol. The number of halogens is 1. The second-order valence-electron chi connectivity index (χ2n) is 5.00. The summed E-state index contributed by atoms with van der Waals surface area (Å²) in [6.45, 7) is 0. The number of benzene rings is 2. The first-order valence-corrected chi connectivity index (χ1v) is 6.44. The second kappa shape index (κ2) is 4.52. The van der Waals surface area contributed by atoms with Crippen molar-refractivity contribution in [2.24, 2.45) is 0 Å². The number of hydrogen-bond acceptors (Lipinski definition) is 1. The van der Waals surface area contributed by atoms with Gasteiger partial charge in [0.15, 0.2) is 0 Å². The van der Waals surface area contributed by atoms with Crippen LogP contribution in [0.2, 0.25) is 0 Å². The third-order valence-electron chi connectivity index (χ3n) is 3.89. The number of carbonyl (C=O) groups excluding carboxylic acids is 1. The molecule has 0 amide bonds. The third kappa shape index (κ3) is 1.92. The van der Waals surface area contributed by atoms with Gasteiger partial charge < -0.3 is 0 Å². The van der Waals surface area contributed by atoms with E-state index in [2.05, 4.69) is 0 Å². The minimum Gasteiger partial charge on any atom is -0.300 e. The van der Waals surface area contributed by atoms with Gasteiger partial charge in [-0.1, -0.05) is 30.3 Å². The zero-order valence-corrected chi connectivity index (χ0v) is 10.2. The molecule has 3 rings (SSSR count). The number of Topliss-reactive ketones (excluding diaryl/α,β-unsaturated/α-hetero) is 1. The molecule has 1 fully saturated rings. The zero-order chi connectivity index (χ0) is 12.5. The molecule has 1 saturated carbocycles. The predicted octanol–water partition coefficient (Wildman–Crippen LogP) is 4.21. The SMILES string of the molecule is O=C1CCC(c2ccc(F)c3ccccc23)CC1. The summed E-state index contributed by atoms with van der Waals surface area (Å²) in [6, 6.07) is 11.0. The van der Waals surface area contributed by atoms with Crippen molar-refractivity contribution in [3.05, 3.63) is 47.8 Å². The highest BCUT2D eigenvalue weighted by atomic mass is 19.1. The van der Waals surface area contributed by atoms with Crippen LogP contribution in [0.25, 0.3) is 10.8 Å². The largest absolute Gasteiger partial charge is 0.300 e. The average molecular weight is 242 g/mol. The summed E-state index contributed by atoms with van der Waals surface area (Å²) < 4.78 is 13.7.